The van der Waals surface area contributed by atoms with Crippen molar-refractivity contribution in [3.05, 3.63) is 0 Å². The molecule has 0 aromatic rings. The minimum Gasteiger partial charge on any atom is -0.465 e. The second-order valence-electron chi connectivity index (χ2n) is 1.94. The van der Waals surface area contributed by atoms with E-state index in [0.29, 0.717) is 10.9 Å². The highest BCUT2D eigenvalue weighted by molar-refractivity contribution is 8.10. The van der Waals surface area contributed by atoms with Crippen LogP contribution in [0.1, 0.15) is 6.92 Å². The van der Waals surface area contributed by atoms with Crippen LogP contribution < -0.4 is 0 Å². The van der Waals surface area contributed by atoms with E-state index in [0.717, 1.165) is 0 Å². The van der Waals surface area contributed by atoms with Gasteiger partial charge in [-0.2, -0.15) is 0 Å². The van der Waals surface area contributed by atoms with Crippen molar-refractivity contribution >= 4 is 35.1 Å². The minimum atomic E-state index is -0.286. The molecule has 0 aliphatic carbocycles. The van der Waals surface area contributed by atoms with Crippen molar-refractivity contribution in [2.75, 3.05) is 20.2 Å². The van der Waals surface area contributed by atoms with Gasteiger partial charge in [-0.3, -0.25) is 4.79 Å². The third-order valence-corrected chi connectivity index (χ3v) is 1.65. The summed E-state index contributed by atoms with van der Waals surface area (Å²) in [6.45, 7) is 2.32. The summed E-state index contributed by atoms with van der Waals surface area (Å²) in [6.07, 6.45) is 0. The Kier molecular flexibility index (Phi) is 5.23. The molecule has 0 atom stereocenters. The number of rotatable bonds is 3. The minimum absolute atomic E-state index is 0.163. The van der Waals surface area contributed by atoms with Gasteiger partial charge in [0.25, 0.3) is 0 Å². The number of carbonyl (C=O) groups is 1. The van der Waals surface area contributed by atoms with E-state index < -0.39 is 0 Å². The number of hydrogen-bond acceptors (Lipinski definition) is 3. The Balaban J connectivity index is 3.66. The lowest BCUT2D eigenvalue weighted by Gasteiger charge is -2.14. The molecule has 0 aliphatic heterocycles. The van der Waals surface area contributed by atoms with Gasteiger partial charge >= 0.3 is 5.97 Å². The zero-order valence-electron chi connectivity index (χ0n) is 6.53. The van der Waals surface area contributed by atoms with Crippen molar-refractivity contribution in [3.8, 4) is 0 Å². The van der Waals surface area contributed by atoms with Crippen LogP contribution in [0.25, 0.3) is 0 Å². The van der Waals surface area contributed by atoms with Crippen molar-refractivity contribution < 1.29 is 9.53 Å². The zero-order chi connectivity index (χ0) is 8.85. The summed E-state index contributed by atoms with van der Waals surface area (Å²) >= 11 is 8.59. The lowest BCUT2D eigenvalue weighted by Crippen LogP contribution is -2.29. The molecule has 0 saturated heterocycles. The molecule has 0 aromatic carbocycles. The second kappa shape index (κ2) is 5.37. The second-order valence-corrected chi connectivity index (χ2v) is 3.06. The van der Waals surface area contributed by atoms with Crippen LogP contribution in [-0.2, 0) is 9.53 Å². The summed E-state index contributed by atoms with van der Waals surface area (Å²) in [5.74, 6) is -0.286. The third-order valence-electron chi connectivity index (χ3n) is 0.998. The van der Waals surface area contributed by atoms with Gasteiger partial charge in [0.15, 0.2) is 0 Å². The third kappa shape index (κ3) is 5.03. The lowest BCUT2D eigenvalue weighted by atomic mass is 10.6. The standard InChI is InChI=1S/C6H11NO2S2/c1-3-9-5(8)4-7(2)6(10)11/h3-4H2,1-2H3,(H,10,11). The molecule has 0 bridgehead atoms. The van der Waals surface area contributed by atoms with E-state index in [-0.39, 0.29) is 12.5 Å². The first-order valence-corrected chi connectivity index (χ1v) is 4.03. The summed E-state index contributed by atoms with van der Waals surface area (Å²) < 4.78 is 5.08. The van der Waals surface area contributed by atoms with Gasteiger partial charge in [0.05, 0.1) is 6.61 Å². The molecule has 64 valence electrons. The molecule has 0 radical (unpaired) electrons. The highest BCUT2D eigenvalue weighted by Crippen LogP contribution is 1.92. The van der Waals surface area contributed by atoms with Gasteiger partial charge in [-0.1, -0.05) is 12.2 Å². The first-order chi connectivity index (χ1) is 5.07. The number of esters is 1. The van der Waals surface area contributed by atoms with E-state index in [4.69, 9.17) is 12.2 Å². The fourth-order valence-electron chi connectivity index (χ4n) is 0.468. The maximum absolute atomic E-state index is 10.8. The Labute approximate surface area is 77.1 Å². The van der Waals surface area contributed by atoms with Crippen LogP contribution in [0.4, 0.5) is 0 Å². The van der Waals surface area contributed by atoms with Gasteiger partial charge in [-0.15, -0.1) is 12.6 Å². The van der Waals surface area contributed by atoms with Crippen LogP contribution in [0.2, 0.25) is 0 Å². The summed E-state index contributed by atoms with van der Waals surface area (Å²) in [7, 11) is 1.69. The van der Waals surface area contributed by atoms with Crippen LogP contribution in [0.15, 0.2) is 0 Å². The molecule has 0 saturated carbocycles. The van der Waals surface area contributed by atoms with Crippen LogP contribution in [0, 0.1) is 0 Å². The molecule has 0 spiro atoms. The first-order valence-electron chi connectivity index (χ1n) is 3.17. The molecule has 3 nitrogen and oxygen atoms in total. The average molecular weight is 193 g/mol. The monoisotopic (exact) mass is 193 g/mol. The number of ether oxygens (including phenoxy) is 1. The molecule has 0 heterocycles. The summed E-state index contributed by atoms with van der Waals surface area (Å²) in [6, 6.07) is 0. The first kappa shape index (κ1) is 10.7. The number of thiol groups is 1. The van der Waals surface area contributed by atoms with E-state index in [1.165, 1.54) is 4.90 Å². The highest BCUT2D eigenvalue weighted by atomic mass is 32.1. The van der Waals surface area contributed by atoms with Gasteiger partial charge in [-0.05, 0) is 6.92 Å². The van der Waals surface area contributed by atoms with Gasteiger partial charge < -0.3 is 9.64 Å². The van der Waals surface area contributed by atoms with Crippen molar-refractivity contribution in [2.45, 2.75) is 6.92 Å². The van der Waals surface area contributed by atoms with Gasteiger partial charge in [0.2, 0.25) is 0 Å². The van der Waals surface area contributed by atoms with E-state index in [1.54, 1.807) is 14.0 Å². The average Bonchev–Trinajstić information content (AvgIpc) is 1.87. The fourth-order valence-corrected chi connectivity index (χ4v) is 0.603. The highest BCUT2D eigenvalue weighted by Gasteiger charge is 2.06. The predicted molar refractivity (Wildman–Crippen MR) is 50.8 cm³/mol. The predicted octanol–water partition coefficient (Wildman–Crippen LogP) is 0.696. The summed E-state index contributed by atoms with van der Waals surface area (Å²) in [5.41, 5.74) is 0. The molecular weight excluding hydrogens is 182 g/mol. The molecule has 11 heavy (non-hydrogen) atoms. The van der Waals surface area contributed by atoms with Gasteiger partial charge in [0, 0.05) is 7.05 Å². The summed E-state index contributed by atoms with van der Waals surface area (Å²) in [5, 5.41) is 0. The van der Waals surface area contributed by atoms with Crippen molar-refractivity contribution in [1.82, 2.24) is 4.90 Å². The SMILES string of the molecule is CCOC(=O)CN(C)C(=S)S. The topological polar surface area (TPSA) is 29.5 Å². The Morgan fingerprint density at radius 2 is 2.27 bits per heavy atom. The van der Waals surface area contributed by atoms with Crippen LogP contribution in [0.5, 0.6) is 0 Å². The van der Waals surface area contributed by atoms with Crippen molar-refractivity contribution in [3.63, 3.8) is 0 Å². The number of likely N-dealkylation sites (N-methyl/N-ethyl adjacent to an activating group) is 1. The molecule has 0 unspecified atom stereocenters. The van der Waals surface area contributed by atoms with Crippen molar-refractivity contribution in [1.29, 1.82) is 0 Å². The normalized spacial score (nSPS) is 9.00. The maximum atomic E-state index is 10.8. The Morgan fingerprint density at radius 1 is 1.73 bits per heavy atom. The number of nitrogens with zero attached hydrogens (tertiary/aromatic N) is 1. The Morgan fingerprint density at radius 3 is 2.64 bits per heavy atom. The van der Waals surface area contributed by atoms with Gasteiger partial charge in [0.1, 0.15) is 10.9 Å². The largest absolute Gasteiger partial charge is 0.465 e. The zero-order valence-corrected chi connectivity index (χ0v) is 8.24. The van der Waals surface area contributed by atoms with E-state index in [1.807, 2.05) is 0 Å². The number of hydrogen-bond donors (Lipinski definition) is 1. The molecule has 0 aliphatic rings. The molecule has 0 rings (SSSR count). The molecule has 0 amide bonds. The Bertz CT molecular complexity index is 161. The summed E-state index contributed by atoms with van der Waals surface area (Å²) in [4.78, 5) is 12.3. The lowest BCUT2D eigenvalue weighted by molar-refractivity contribution is -0.143. The fraction of sp³-hybridized carbons (Fsp3) is 0.667. The van der Waals surface area contributed by atoms with Crippen molar-refractivity contribution in [2.24, 2.45) is 0 Å². The van der Waals surface area contributed by atoms with E-state index >= 15 is 0 Å². The molecule has 0 aromatic heterocycles. The number of carbonyl (C=O) groups excluding carboxylic acids is 1. The molecular formula is C6H11NO2S2. The maximum Gasteiger partial charge on any atom is 0.325 e. The van der Waals surface area contributed by atoms with Gasteiger partial charge in [-0.25, -0.2) is 0 Å². The smallest absolute Gasteiger partial charge is 0.325 e. The van der Waals surface area contributed by atoms with Crippen LogP contribution in [0.3, 0.4) is 0 Å². The number of thiocarbonyl (C=S) groups is 1. The quantitative estimate of drug-likeness (QED) is 0.406. The van der Waals surface area contributed by atoms with E-state index in [9.17, 15) is 4.79 Å². The van der Waals surface area contributed by atoms with Crippen LogP contribution in [-0.4, -0.2) is 35.4 Å². The van der Waals surface area contributed by atoms with Crippen LogP contribution >= 0.6 is 24.8 Å². The van der Waals surface area contributed by atoms with E-state index in [2.05, 4.69) is 17.4 Å². The molecule has 0 N–H and O–H groups in total. The molecule has 0 fully saturated rings. The Hall–Kier alpha value is -0.290. The molecule has 5 heteroatoms.